The Hall–Kier alpha value is -1.50. The number of aliphatic hydroxyl groups is 2. The highest BCUT2D eigenvalue weighted by atomic mass is 16.5. The first-order valence-corrected chi connectivity index (χ1v) is 6.82. The zero-order valence-electron chi connectivity index (χ0n) is 11.5. The molecule has 110 valence electrons. The summed E-state index contributed by atoms with van der Waals surface area (Å²) in [5.74, 6) is -0.268. The topological polar surface area (TPSA) is 91.7 Å². The number of ether oxygens (including phenoxy) is 1. The van der Waals surface area contributed by atoms with Crippen molar-refractivity contribution >= 4 is 5.91 Å². The first-order valence-electron chi connectivity index (χ1n) is 6.82. The van der Waals surface area contributed by atoms with E-state index in [0.29, 0.717) is 18.6 Å². The quantitative estimate of drug-likeness (QED) is 0.715. The Kier molecular flexibility index (Phi) is 5.05. The van der Waals surface area contributed by atoms with Gasteiger partial charge in [-0.05, 0) is 25.0 Å². The lowest BCUT2D eigenvalue weighted by atomic mass is 10.0. The molecule has 1 fully saturated rings. The average molecular weight is 280 g/mol. The number of amides is 1. The number of hydrogen-bond donors (Lipinski definition) is 3. The van der Waals surface area contributed by atoms with E-state index in [1.165, 1.54) is 6.20 Å². The van der Waals surface area contributed by atoms with Crippen LogP contribution >= 0.6 is 0 Å². The molecule has 1 aromatic rings. The van der Waals surface area contributed by atoms with Gasteiger partial charge in [0.1, 0.15) is 12.2 Å². The van der Waals surface area contributed by atoms with Crippen LogP contribution in [0.3, 0.4) is 0 Å². The molecule has 2 heterocycles. The van der Waals surface area contributed by atoms with Crippen molar-refractivity contribution in [3.8, 4) is 0 Å². The fourth-order valence-corrected chi connectivity index (χ4v) is 2.10. The van der Waals surface area contributed by atoms with E-state index in [9.17, 15) is 15.0 Å². The van der Waals surface area contributed by atoms with Gasteiger partial charge in [-0.15, -0.1) is 0 Å². The van der Waals surface area contributed by atoms with Crippen LogP contribution in [-0.4, -0.2) is 52.6 Å². The molecule has 1 aromatic heterocycles. The molecule has 1 aliphatic heterocycles. The lowest BCUT2D eigenvalue weighted by Crippen LogP contribution is -2.49. The molecule has 0 spiro atoms. The maximum absolute atomic E-state index is 11.9. The molecule has 1 saturated heterocycles. The third-order valence-corrected chi connectivity index (χ3v) is 3.43. The van der Waals surface area contributed by atoms with E-state index in [1.54, 1.807) is 6.07 Å². The van der Waals surface area contributed by atoms with Gasteiger partial charge in [-0.1, -0.05) is 6.92 Å². The van der Waals surface area contributed by atoms with Gasteiger partial charge in [0.2, 0.25) is 0 Å². The molecule has 0 aromatic carbocycles. The number of aliphatic hydroxyl groups excluding tert-OH is 2. The van der Waals surface area contributed by atoms with Crippen molar-refractivity contribution in [1.82, 2.24) is 10.3 Å². The van der Waals surface area contributed by atoms with Crippen LogP contribution in [0.5, 0.6) is 0 Å². The number of rotatable bonds is 4. The molecular formula is C14H20N2O4. The Morgan fingerprint density at radius 2 is 2.30 bits per heavy atom. The van der Waals surface area contributed by atoms with Crippen LogP contribution in [0.2, 0.25) is 0 Å². The third-order valence-electron chi connectivity index (χ3n) is 3.43. The summed E-state index contributed by atoms with van der Waals surface area (Å²) in [5.41, 5.74) is 1.39. The van der Waals surface area contributed by atoms with E-state index >= 15 is 0 Å². The second-order valence-electron chi connectivity index (χ2n) is 4.86. The lowest BCUT2D eigenvalue weighted by molar-refractivity contribution is -0.132. The molecule has 0 bridgehead atoms. The number of nitrogens with one attached hydrogen (secondary N) is 1. The molecule has 2 rings (SSSR count). The number of pyridine rings is 1. The van der Waals surface area contributed by atoms with Crippen molar-refractivity contribution in [1.29, 1.82) is 0 Å². The Morgan fingerprint density at radius 3 is 2.95 bits per heavy atom. The highest BCUT2D eigenvalue weighted by Gasteiger charge is 2.31. The summed E-state index contributed by atoms with van der Waals surface area (Å²) in [5, 5.41) is 22.0. The summed E-state index contributed by atoms with van der Waals surface area (Å²) in [4.78, 5) is 16.1. The molecule has 3 N–H and O–H groups in total. The van der Waals surface area contributed by atoms with Crippen LogP contribution in [0, 0.1) is 0 Å². The predicted molar refractivity (Wildman–Crippen MR) is 72.3 cm³/mol. The molecule has 20 heavy (non-hydrogen) atoms. The Bertz CT molecular complexity index is 449. The minimum atomic E-state index is -0.968. The van der Waals surface area contributed by atoms with Crippen molar-refractivity contribution in [3.63, 3.8) is 0 Å². The summed E-state index contributed by atoms with van der Waals surface area (Å²) in [6.07, 6.45) is 0.420. The van der Waals surface area contributed by atoms with E-state index in [4.69, 9.17) is 4.74 Å². The van der Waals surface area contributed by atoms with Gasteiger partial charge in [0.25, 0.3) is 5.91 Å². The monoisotopic (exact) mass is 280 g/mol. The van der Waals surface area contributed by atoms with Gasteiger partial charge in [0.15, 0.2) is 0 Å². The number of carbonyl (C=O) groups excluding carboxylic acids is 1. The SMILES string of the molecule is CCc1ccc(C(=O)NCC2OCCC(O)C2O)cn1. The molecule has 0 aliphatic carbocycles. The van der Waals surface area contributed by atoms with Crippen LogP contribution in [0.25, 0.3) is 0 Å². The van der Waals surface area contributed by atoms with Crippen LogP contribution in [0.4, 0.5) is 0 Å². The summed E-state index contributed by atoms with van der Waals surface area (Å²) in [6, 6.07) is 3.53. The summed E-state index contributed by atoms with van der Waals surface area (Å²) >= 11 is 0. The van der Waals surface area contributed by atoms with Crippen LogP contribution < -0.4 is 5.32 Å². The minimum Gasteiger partial charge on any atom is -0.390 e. The largest absolute Gasteiger partial charge is 0.390 e. The number of nitrogens with zero attached hydrogens (tertiary/aromatic N) is 1. The first-order chi connectivity index (χ1) is 9.61. The predicted octanol–water partition coefficient (Wildman–Crippen LogP) is -0.116. The minimum absolute atomic E-state index is 0.159. The molecule has 1 aliphatic rings. The maximum Gasteiger partial charge on any atom is 0.252 e. The molecule has 0 saturated carbocycles. The highest BCUT2D eigenvalue weighted by molar-refractivity contribution is 5.93. The molecular weight excluding hydrogens is 260 g/mol. The molecule has 3 unspecified atom stereocenters. The van der Waals surface area contributed by atoms with Gasteiger partial charge in [-0.3, -0.25) is 9.78 Å². The fourth-order valence-electron chi connectivity index (χ4n) is 2.10. The Morgan fingerprint density at radius 1 is 1.50 bits per heavy atom. The van der Waals surface area contributed by atoms with Crippen LogP contribution in [-0.2, 0) is 11.2 Å². The van der Waals surface area contributed by atoms with Crippen LogP contribution in [0.1, 0.15) is 29.4 Å². The maximum atomic E-state index is 11.9. The van der Waals surface area contributed by atoms with E-state index in [2.05, 4.69) is 10.3 Å². The zero-order valence-corrected chi connectivity index (χ0v) is 11.5. The average Bonchev–Trinajstić information content (AvgIpc) is 2.48. The van der Waals surface area contributed by atoms with Crippen LogP contribution in [0.15, 0.2) is 18.3 Å². The molecule has 6 nitrogen and oxygen atoms in total. The number of aryl methyl sites for hydroxylation is 1. The van der Waals surface area contributed by atoms with E-state index in [-0.39, 0.29) is 12.5 Å². The number of aromatic nitrogens is 1. The van der Waals surface area contributed by atoms with Crippen molar-refractivity contribution in [2.75, 3.05) is 13.2 Å². The van der Waals surface area contributed by atoms with Gasteiger partial charge in [0.05, 0.1) is 11.7 Å². The van der Waals surface area contributed by atoms with Gasteiger partial charge in [-0.2, -0.15) is 0 Å². The number of carbonyl (C=O) groups is 1. The number of hydrogen-bond acceptors (Lipinski definition) is 5. The van der Waals surface area contributed by atoms with E-state index in [1.807, 2.05) is 13.0 Å². The Labute approximate surface area is 117 Å². The van der Waals surface area contributed by atoms with E-state index in [0.717, 1.165) is 12.1 Å². The summed E-state index contributed by atoms with van der Waals surface area (Å²) in [7, 11) is 0. The standard InChI is InChI=1S/C14H20N2O4/c1-2-10-4-3-9(7-15-10)14(19)16-8-12-13(18)11(17)5-6-20-12/h3-4,7,11-13,17-18H,2,5-6,8H2,1H3,(H,16,19). The van der Waals surface area contributed by atoms with Gasteiger partial charge < -0.3 is 20.3 Å². The van der Waals surface area contributed by atoms with Gasteiger partial charge in [0, 0.05) is 25.0 Å². The van der Waals surface area contributed by atoms with Crippen molar-refractivity contribution in [2.45, 2.75) is 38.1 Å². The second-order valence-corrected chi connectivity index (χ2v) is 4.86. The van der Waals surface area contributed by atoms with E-state index < -0.39 is 18.3 Å². The molecule has 0 radical (unpaired) electrons. The highest BCUT2D eigenvalue weighted by Crippen LogP contribution is 2.14. The van der Waals surface area contributed by atoms with Crippen molar-refractivity contribution < 1.29 is 19.7 Å². The fraction of sp³-hybridized carbons (Fsp3) is 0.571. The molecule has 3 atom stereocenters. The van der Waals surface area contributed by atoms with Gasteiger partial charge in [-0.25, -0.2) is 0 Å². The lowest BCUT2D eigenvalue weighted by Gasteiger charge is -2.32. The second kappa shape index (κ2) is 6.78. The van der Waals surface area contributed by atoms with Crippen molar-refractivity contribution in [3.05, 3.63) is 29.6 Å². The zero-order chi connectivity index (χ0) is 14.5. The third kappa shape index (κ3) is 3.53. The van der Waals surface area contributed by atoms with Crippen molar-refractivity contribution in [2.24, 2.45) is 0 Å². The summed E-state index contributed by atoms with van der Waals surface area (Å²) < 4.78 is 5.34. The smallest absolute Gasteiger partial charge is 0.252 e. The summed E-state index contributed by atoms with van der Waals surface area (Å²) in [6.45, 7) is 2.54. The first kappa shape index (κ1) is 14.9. The molecule has 1 amide bonds. The normalized spacial score (nSPS) is 26.2. The Balaban J connectivity index is 1.87. The molecule has 6 heteroatoms. The van der Waals surface area contributed by atoms with Gasteiger partial charge >= 0.3 is 0 Å².